The highest BCUT2D eigenvalue weighted by Crippen LogP contribution is 2.32. The molecule has 0 unspecified atom stereocenters. The molecule has 0 saturated carbocycles. The number of esters is 1. The van der Waals surface area contributed by atoms with Crippen LogP contribution in [0.4, 0.5) is 0 Å². The van der Waals surface area contributed by atoms with Gasteiger partial charge in [0.25, 0.3) is 0 Å². The van der Waals surface area contributed by atoms with Crippen LogP contribution in [-0.4, -0.2) is 51.0 Å². The molecule has 0 aromatic heterocycles. The second-order valence-corrected chi connectivity index (χ2v) is 8.82. The molecule has 0 atom stereocenters. The maximum absolute atomic E-state index is 12.5. The Balaban J connectivity index is 1.49. The van der Waals surface area contributed by atoms with Crippen molar-refractivity contribution in [3.05, 3.63) is 53.6 Å². The molecular weight excluding hydrogens is 422 g/mol. The van der Waals surface area contributed by atoms with Gasteiger partial charge in [0.15, 0.2) is 23.9 Å². The number of benzene rings is 2. The monoisotopic (exact) mass is 447 g/mol. The van der Waals surface area contributed by atoms with Crippen LogP contribution in [0.2, 0.25) is 0 Å². The van der Waals surface area contributed by atoms with Gasteiger partial charge in [0.05, 0.1) is 4.90 Å². The molecule has 0 fully saturated rings. The number of carbonyl (C=O) groups excluding carboxylic acids is 2. The summed E-state index contributed by atoms with van der Waals surface area (Å²) in [6, 6.07) is 11.2. The average Bonchev–Trinajstić information content (AvgIpc) is 3.25. The number of Topliss-reactive ketones (excluding diaryl/α,β-unsaturated/α-hetero) is 1. The summed E-state index contributed by atoms with van der Waals surface area (Å²) in [5.41, 5.74) is 1.18. The fourth-order valence-corrected chi connectivity index (χ4v) is 4.62. The molecule has 8 nitrogen and oxygen atoms in total. The molecule has 1 heterocycles. The van der Waals surface area contributed by atoms with Crippen LogP contribution >= 0.6 is 0 Å². The van der Waals surface area contributed by atoms with Gasteiger partial charge in [-0.3, -0.25) is 9.59 Å². The first-order valence-electron chi connectivity index (χ1n) is 10.0. The minimum absolute atomic E-state index is 0.0799. The SMILES string of the molecule is CCN(CC)S(=O)(=O)c1ccc(CCC(=O)OCC(=O)c2ccc3c(c2)OCO3)cc1. The lowest BCUT2D eigenvalue weighted by atomic mass is 10.1. The summed E-state index contributed by atoms with van der Waals surface area (Å²) < 4.78 is 41.9. The summed E-state index contributed by atoms with van der Waals surface area (Å²) in [4.78, 5) is 24.5. The Labute approximate surface area is 181 Å². The van der Waals surface area contributed by atoms with Gasteiger partial charge >= 0.3 is 5.97 Å². The molecule has 9 heteroatoms. The summed E-state index contributed by atoms with van der Waals surface area (Å²) in [5, 5.41) is 0. The fourth-order valence-electron chi connectivity index (χ4n) is 3.16. The highest BCUT2D eigenvalue weighted by Gasteiger charge is 2.21. The van der Waals surface area contributed by atoms with E-state index in [0.717, 1.165) is 5.56 Å². The van der Waals surface area contributed by atoms with Gasteiger partial charge in [0.2, 0.25) is 16.8 Å². The third-order valence-corrected chi connectivity index (χ3v) is 7.01. The molecule has 31 heavy (non-hydrogen) atoms. The lowest BCUT2D eigenvalue weighted by Crippen LogP contribution is -2.30. The smallest absolute Gasteiger partial charge is 0.306 e. The minimum atomic E-state index is -3.51. The number of fused-ring (bicyclic) bond motifs is 1. The van der Waals surface area contributed by atoms with E-state index in [1.807, 2.05) is 0 Å². The predicted molar refractivity (Wildman–Crippen MR) is 113 cm³/mol. The Bertz CT molecular complexity index is 1040. The van der Waals surface area contributed by atoms with Crippen LogP contribution in [0.15, 0.2) is 47.4 Å². The highest BCUT2D eigenvalue weighted by atomic mass is 32.2. The predicted octanol–water partition coefficient (Wildman–Crippen LogP) is 2.80. The highest BCUT2D eigenvalue weighted by molar-refractivity contribution is 7.89. The first kappa shape index (κ1) is 22.8. The van der Waals surface area contributed by atoms with E-state index >= 15 is 0 Å². The molecular formula is C22H25NO7S. The van der Waals surface area contributed by atoms with Crippen molar-refractivity contribution >= 4 is 21.8 Å². The van der Waals surface area contributed by atoms with Crippen LogP contribution in [0.5, 0.6) is 11.5 Å². The molecule has 1 aliphatic rings. The summed E-state index contributed by atoms with van der Waals surface area (Å²) in [6.45, 7) is 4.13. The summed E-state index contributed by atoms with van der Waals surface area (Å²) in [5.74, 6) is 0.222. The number of carbonyl (C=O) groups is 2. The van der Waals surface area contributed by atoms with Gasteiger partial charge in [-0.05, 0) is 42.3 Å². The van der Waals surface area contributed by atoms with Gasteiger partial charge in [-0.1, -0.05) is 26.0 Å². The van der Waals surface area contributed by atoms with Crippen LogP contribution in [0.1, 0.15) is 36.2 Å². The number of ketones is 1. The Morgan fingerprint density at radius 1 is 1.00 bits per heavy atom. The first-order valence-corrected chi connectivity index (χ1v) is 11.5. The lowest BCUT2D eigenvalue weighted by Gasteiger charge is -2.18. The number of hydrogen-bond acceptors (Lipinski definition) is 7. The van der Waals surface area contributed by atoms with Crippen molar-refractivity contribution < 1.29 is 32.2 Å². The Hall–Kier alpha value is -2.91. The zero-order chi connectivity index (χ0) is 22.4. The molecule has 1 aliphatic heterocycles. The van der Waals surface area contributed by atoms with Crippen molar-refractivity contribution in [2.75, 3.05) is 26.5 Å². The van der Waals surface area contributed by atoms with Crippen molar-refractivity contribution in [1.29, 1.82) is 0 Å². The van der Waals surface area contributed by atoms with Crippen LogP contribution in [0, 0.1) is 0 Å². The quantitative estimate of drug-likeness (QED) is 0.408. The van der Waals surface area contributed by atoms with Gasteiger partial charge in [-0.15, -0.1) is 0 Å². The second-order valence-electron chi connectivity index (χ2n) is 6.89. The molecule has 0 saturated heterocycles. The number of ether oxygens (including phenoxy) is 3. The fraction of sp³-hybridized carbons (Fsp3) is 0.364. The van der Waals surface area contributed by atoms with E-state index < -0.39 is 16.0 Å². The molecule has 0 N–H and O–H groups in total. The number of nitrogens with zero attached hydrogens (tertiary/aromatic N) is 1. The lowest BCUT2D eigenvalue weighted by molar-refractivity contribution is -0.142. The summed E-state index contributed by atoms with van der Waals surface area (Å²) >= 11 is 0. The first-order chi connectivity index (χ1) is 14.8. The largest absolute Gasteiger partial charge is 0.457 e. The molecule has 0 bridgehead atoms. The van der Waals surface area contributed by atoms with Crippen molar-refractivity contribution in [3.8, 4) is 11.5 Å². The Morgan fingerprint density at radius 2 is 1.68 bits per heavy atom. The maximum Gasteiger partial charge on any atom is 0.306 e. The zero-order valence-electron chi connectivity index (χ0n) is 17.5. The van der Waals surface area contributed by atoms with Crippen molar-refractivity contribution in [2.24, 2.45) is 0 Å². The van der Waals surface area contributed by atoms with E-state index in [-0.39, 0.29) is 30.5 Å². The molecule has 0 spiro atoms. The molecule has 3 rings (SSSR count). The van der Waals surface area contributed by atoms with Crippen molar-refractivity contribution in [1.82, 2.24) is 4.31 Å². The topological polar surface area (TPSA) is 99.2 Å². The van der Waals surface area contributed by atoms with E-state index in [1.54, 1.807) is 44.2 Å². The minimum Gasteiger partial charge on any atom is -0.457 e. The number of aryl methyl sites for hydroxylation is 1. The summed E-state index contributed by atoms with van der Waals surface area (Å²) in [7, 11) is -3.51. The van der Waals surface area contributed by atoms with E-state index in [2.05, 4.69) is 0 Å². The van der Waals surface area contributed by atoms with Gasteiger partial charge < -0.3 is 14.2 Å². The van der Waals surface area contributed by atoms with Gasteiger partial charge in [-0.2, -0.15) is 4.31 Å². The van der Waals surface area contributed by atoms with E-state index in [9.17, 15) is 18.0 Å². The molecule has 0 aliphatic carbocycles. The van der Waals surface area contributed by atoms with Gasteiger partial charge in [0.1, 0.15) is 0 Å². The molecule has 2 aromatic rings. The van der Waals surface area contributed by atoms with Crippen LogP contribution in [0.25, 0.3) is 0 Å². The number of hydrogen-bond donors (Lipinski definition) is 0. The Morgan fingerprint density at radius 3 is 2.35 bits per heavy atom. The second kappa shape index (κ2) is 9.93. The van der Waals surface area contributed by atoms with E-state index in [0.29, 0.717) is 36.6 Å². The average molecular weight is 448 g/mol. The molecule has 2 aromatic carbocycles. The third kappa shape index (κ3) is 5.42. The normalized spacial score (nSPS) is 12.7. The molecule has 0 amide bonds. The van der Waals surface area contributed by atoms with Crippen LogP contribution in [-0.2, 0) is 26.0 Å². The number of rotatable bonds is 10. The molecule has 0 radical (unpaired) electrons. The van der Waals surface area contributed by atoms with E-state index in [4.69, 9.17) is 14.2 Å². The van der Waals surface area contributed by atoms with Crippen LogP contribution < -0.4 is 9.47 Å². The maximum atomic E-state index is 12.5. The number of sulfonamides is 1. The van der Waals surface area contributed by atoms with Crippen LogP contribution in [0.3, 0.4) is 0 Å². The third-order valence-electron chi connectivity index (χ3n) is 4.94. The van der Waals surface area contributed by atoms with Crippen molar-refractivity contribution in [3.63, 3.8) is 0 Å². The van der Waals surface area contributed by atoms with Gasteiger partial charge in [0, 0.05) is 25.1 Å². The Kier molecular flexibility index (Phi) is 7.29. The van der Waals surface area contributed by atoms with Gasteiger partial charge in [-0.25, -0.2) is 8.42 Å². The van der Waals surface area contributed by atoms with E-state index in [1.165, 1.54) is 16.4 Å². The standard InChI is InChI=1S/C22H25NO7S/c1-3-23(4-2)31(26,27)18-9-5-16(6-10-18)7-12-22(25)28-14-19(24)17-8-11-20-21(13-17)30-15-29-20/h5-6,8-11,13H,3-4,7,12,14-15H2,1-2H3. The zero-order valence-corrected chi connectivity index (χ0v) is 18.3. The summed E-state index contributed by atoms with van der Waals surface area (Å²) in [6.07, 6.45) is 0.458. The molecule has 166 valence electrons. The van der Waals surface area contributed by atoms with Crippen molar-refractivity contribution in [2.45, 2.75) is 31.6 Å².